The smallest absolute Gasteiger partial charge is 0.334 e. The molecule has 2 aliphatic rings. The highest BCUT2D eigenvalue weighted by Crippen LogP contribution is 2.35. The lowest BCUT2D eigenvalue weighted by Crippen LogP contribution is -2.34. The monoisotopic (exact) mass is 332 g/mol. The van der Waals surface area contributed by atoms with Crippen LogP contribution in [0.1, 0.15) is 86.0 Å². The molecule has 2 aliphatic carbocycles. The molecule has 2 nitrogen and oxygen atoms in total. The van der Waals surface area contributed by atoms with Crippen LogP contribution in [-0.2, 0) is 9.53 Å². The Bertz CT molecular complexity index is 490. The Morgan fingerprint density at radius 2 is 1.75 bits per heavy atom. The maximum absolute atomic E-state index is 12.5. The van der Waals surface area contributed by atoms with Gasteiger partial charge in [-0.2, -0.15) is 0 Å². The Balaban J connectivity index is 2.01. The van der Waals surface area contributed by atoms with E-state index in [0.717, 1.165) is 31.3 Å². The summed E-state index contributed by atoms with van der Waals surface area (Å²) in [5.41, 5.74) is 2.13. The first-order valence-electron chi connectivity index (χ1n) is 9.94. The molecule has 1 saturated carbocycles. The lowest BCUT2D eigenvalue weighted by atomic mass is 9.78. The lowest BCUT2D eigenvalue weighted by molar-refractivity contribution is -0.156. The second-order valence-electron chi connectivity index (χ2n) is 8.81. The maximum Gasteiger partial charge on any atom is 0.334 e. The fourth-order valence-corrected chi connectivity index (χ4v) is 4.18. The Labute approximate surface area is 148 Å². The van der Waals surface area contributed by atoms with E-state index in [1.165, 1.54) is 31.3 Å². The van der Waals surface area contributed by atoms with E-state index in [0.29, 0.717) is 17.8 Å². The van der Waals surface area contributed by atoms with E-state index in [-0.39, 0.29) is 11.6 Å². The second kappa shape index (κ2) is 8.36. The fourth-order valence-electron chi connectivity index (χ4n) is 4.18. The third-order valence-electron chi connectivity index (χ3n) is 5.70. The van der Waals surface area contributed by atoms with E-state index < -0.39 is 0 Å². The first-order chi connectivity index (χ1) is 11.3. The molecule has 0 N–H and O–H groups in total. The molecule has 0 amide bonds. The summed E-state index contributed by atoms with van der Waals surface area (Å²) in [5.74, 6) is 1.91. The largest absolute Gasteiger partial charge is 0.456 e. The quantitative estimate of drug-likeness (QED) is 0.540. The molecule has 0 saturated heterocycles. The predicted molar refractivity (Wildman–Crippen MR) is 101 cm³/mol. The maximum atomic E-state index is 12.5. The highest BCUT2D eigenvalue weighted by molar-refractivity contribution is 5.89. The number of carbonyl (C=O) groups is 1. The molecule has 0 radical (unpaired) electrons. The number of rotatable bonds is 6. The van der Waals surface area contributed by atoms with Crippen LogP contribution in [0.3, 0.4) is 0 Å². The molecule has 0 aromatic heterocycles. The number of hydrogen-bond acceptors (Lipinski definition) is 2. The Morgan fingerprint density at radius 1 is 1.08 bits per heavy atom. The predicted octanol–water partition coefficient (Wildman–Crippen LogP) is 6.22. The molecule has 0 spiro atoms. The lowest BCUT2D eigenvalue weighted by Gasteiger charge is -2.34. The second-order valence-corrected chi connectivity index (χ2v) is 8.81. The number of allylic oxidation sites excluding steroid dienone is 3. The van der Waals surface area contributed by atoms with Crippen molar-refractivity contribution >= 4 is 5.97 Å². The minimum atomic E-state index is -0.238. The van der Waals surface area contributed by atoms with Crippen LogP contribution in [0.2, 0.25) is 0 Å². The molecule has 2 heteroatoms. The van der Waals surface area contributed by atoms with E-state index >= 15 is 0 Å². The average molecular weight is 333 g/mol. The van der Waals surface area contributed by atoms with Crippen molar-refractivity contribution in [3.05, 3.63) is 23.3 Å². The van der Waals surface area contributed by atoms with Crippen LogP contribution in [0.5, 0.6) is 0 Å². The molecule has 2 rings (SSSR count). The van der Waals surface area contributed by atoms with Crippen molar-refractivity contribution in [2.75, 3.05) is 0 Å². The van der Waals surface area contributed by atoms with E-state index in [1.54, 1.807) is 0 Å². The number of hydrogen-bond donors (Lipinski definition) is 0. The Kier molecular flexibility index (Phi) is 6.71. The van der Waals surface area contributed by atoms with Gasteiger partial charge in [0.1, 0.15) is 5.60 Å². The number of ether oxygens (including phenoxy) is 1. The van der Waals surface area contributed by atoms with Crippen LogP contribution < -0.4 is 0 Å². The zero-order valence-electron chi connectivity index (χ0n) is 16.4. The number of carbonyl (C=O) groups excluding carboxylic acids is 1. The van der Waals surface area contributed by atoms with Crippen molar-refractivity contribution in [2.24, 2.45) is 17.8 Å². The van der Waals surface area contributed by atoms with Crippen molar-refractivity contribution in [3.8, 4) is 0 Å². The SMILES string of the molecule is CC(C)CC(C1=CC=C(C(=O)OC2(C)CCCCC2)CC1)C(C)C. The zero-order valence-corrected chi connectivity index (χ0v) is 16.4. The van der Waals surface area contributed by atoms with Crippen LogP contribution in [-0.4, -0.2) is 11.6 Å². The third kappa shape index (κ3) is 5.22. The van der Waals surface area contributed by atoms with Crippen LogP contribution in [0.4, 0.5) is 0 Å². The minimum absolute atomic E-state index is 0.0837. The topological polar surface area (TPSA) is 26.3 Å². The van der Waals surface area contributed by atoms with Crippen LogP contribution in [0.25, 0.3) is 0 Å². The molecule has 0 aromatic rings. The molecule has 1 atom stereocenters. The van der Waals surface area contributed by atoms with Crippen molar-refractivity contribution in [1.29, 1.82) is 0 Å². The average Bonchev–Trinajstić information content (AvgIpc) is 2.52. The van der Waals surface area contributed by atoms with Gasteiger partial charge in [-0.3, -0.25) is 0 Å². The first kappa shape index (κ1) is 19.3. The molecule has 1 fully saturated rings. The fraction of sp³-hybridized carbons (Fsp3) is 0.773. The first-order valence-corrected chi connectivity index (χ1v) is 9.94. The van der Waals surface area contributed by atoms with Crippen molar-refractivity contribution in [3.63, 3.8) is 0 Å². The van der Waals surface area contributed by atoms with E-state index in [2.05, 4.69) is 40.7 Å². The minimum Gasteiger partial charge on any atom is -0.456 e. The van der Waals surface area contributed by atoms with Gasteiger partial charge in [0.2, 0.25) is 0 Å². The molecule has 0 aliphatic heterocycles. The van der Waals surface area contributed by atoms with Crippen molar-refractivity contribution < 1.29 is 9.53 Å². The normalized spacial score (nSPS) is 22.1. The molecule has 136 valence electrons. The van der Waals surface area contributed by atoms with Crippen LogP contribution in [0.15, 0.2) is 23.3 Å². The summed E-state index contributed by atoms with van der Waals surface area (Å²) in [6, 6.07) is 0. The van der Waals surface area contributed by atoms with Gasteiger partial charge in [0.15, 0.2) is 0 Å². The molecule has 0 heterocycles. The highest BCUT2D eigenvalue weighted by atomic mass is 16.6. The standard InChI is InChI=1S/C22H36O2/c1-16(2)15-20(17(3)4)18-9-11-19(12-10-18)21(23)24-22(5)13-7-6-8-14-22/h9,11,16-17,20H,6-8,10,12-15H2,1-5H3. The Morgan fingerprint density at radius 3 is 2.25 bits per heavy atom. The summed E-state index contributed by atoms with van der Waals surface area (Å²) >= 11 is 0. The van der Waals surface area contributed by atoms with Gasteiger partial charge in [-0.1, -0.05) is 51.8 Å². The van der Waals surface area contributed by atoms with Gasteiger partial charge in [0.25, 0.3) is 0 Å². The molecular weight excluding hydrogens is 296 g/mol. The highest BCUT2D eigenvalue weighted by Gasteiger charge is 2.32. The third-order valence-corrected chi connectivity index (χ3v) is 5.70. The summed E-state index contributed by atoms with van der Waals surface area (Å²) in [6.45, 7) is 11.3. The molecule has 1 unspecified atom stereocenters. The van der Waals surface area contributed by atoms with E-state index in [9.17, 15) is 4.79 Å². The van der Waals surface area contributed by atoms with Gasteiger partial charge >= 0.3 is 5.97 Å². The summed E-state index contributed by atoms with van der Waals surface area (Å²) < 4.78 is 5.89. The summed E-state index contributed by atoms with van der Waals surface area (Å²) in [6.07, 6.45) is 13.0. The zero-order chi connectivity index (χ0) is 17.7. The van der Waals surface area contributed by atoms with Crippen LogP contribution >= 0.6 is 0 Å². The summed E-state index contributed by atoms with van der Waals surface area (Å²) in [7, 11) is 0. The molecule has 0 bridgehead atoms. The summed E-state index contributed by atoms with van der Waals surface area (Å²) in [4.78, 5) is 12.5. The Hall–Kier alpha value is -1.05. The molecule has 24 heavy (non-hydrogen) atoms. The van der Waals surface area contributed by atoms with Crippen LogP contribution in [0, 0.1) is 17.8 Å². The van der Waals surface area contributed by atoms with Gasteiger partial charge < -0.3 is 4.74 Å². The van der Waals surface area contributed by atoms with Crippen molar-refractivity contribution in [1.82, 2.24) is 0 Å². The van der Waals surface area contributed by atoms with Gasteiger partial charge in [-0.05, 0) is 69.6 Å². The van der Waals surface area contributed by atoms with Gasteiger partial charge in [0, 0.05) is 5.57 Å². The van der Waals surface area contributed by atoms with E-state index in [1.807, 2.05) is 6.08 Å². The van der Waals surface area contributed by atoms with Gasteiger partial charge in [0.05, 0.1) is 0 Å². The molecule has 0 aromatic carbocycles. The molecular formula is C22H36O2. The van der Waals surface area contributed by atoms with Gasteiger partial charge in [-0.15, -0.1) is 0 Å². The van der Waals surface area contributed by atoms with Crippen molar-refractivity contribution in [2.45, 2.75) is 91.6 Å². The summed E-state index contributed by atoms with van der Waals surface area (Å²) in [5, 5.41) is 0. The van der Waals surface area contributed by atoms with Gasteiger partial charge in [-0.25, -0.2) is 4.79 Å². The number of esters is 1. The van der Waals surface area contributed by atoms with E-state index in [4.69, 9.17) is 4.74 Å².